The van der Waals surface area contributed by atoms with E-state index in [0.29, 0.717) is 12.0 Å². The van der Waals surface area contributed by atoms with E-state index in [4.69, 9.17) is 9.47 Å². The molecule has 1 aromatic rings. The first kappa shape index (κ1) is 13.7. The third-order valence-corrected chi connectivity index (χ3v) is 5.04. The van der Waals surface area contributed by atoms with E-state index in [1.807, 2.05) is 12.1 Å². The highest BCUT2D eigenvalue weighted by Gasteiger charge is 2.47. The predicted molar refractivity (Wildman–Crippen MR) is 80.4 cm³/mol. The van der Waals surface area contributed by atoms with Crippen LogP contribution in [-0.4, -0.2) is 19.3 Å². The van der Waals surface area contributed by atoms with Gasteiger partial charge in [-0.05, 0) is 37.8 Å². The molecular formula is C17H25NO2. The number of benzene rings is 1. The summed E-state index contributed by atoms with van der Waals surface area (Å²) in [6.07, 6.45) is 4.81. The number of nitrogens with one attached hydrogen (secondary N) is 1. The summed E-state index contributed by atoms with van der Waals surface area (Å²) in [6.45, 7) is 5.49. The first-order chi connectivity index (χ1) is 9.68. The summed E-state index contributed by atoms with van der Waals surface area (Å²) in [6, 6.07) is 6.62. The third kappa shape index (κ3) is 2.18. The summed E-state index contributed by atoms with van der Waals surface area (Å²) in [4.78, 5) is 0. The van der Waals surface area contributed by atoms with Crippen LogP contribution in [0.3, 0.4) is 0 Å². The lowest BCUT2D eigenvalue weighted by atomic mass is 9.81. The van der Waals surface area contributed by atoms with Crippen LogP contribution in [0.15, 0.2) is 18.2 Å². The number of methoxy groups -OCH3 is 1. The van der Waals surface area contributed by atoms with E-state index < -0.39 is 0 Å². The van der Waals surface area contributed by atoms with Crippen LogP contribution in [0.1, 0.15) is 51.1 Å². The van der Waals surface area contributed by atoms with E-state index in [2.05, 4.69) is 25.2 Å². The Morgan fingerprint density at radius 2 is 2.30 bits per heavy atom. The third-order valence-electron chi connectivity index (χ3n) is 5.04. The fourth-order valence-electron chi connectivity index (χ4n) is 3.83. The zero-order valence-electron chi connectivity index (χ0n) is 12.7. The van der Waals surface area contributed by atoms with E-state index in [9.17, 15) is 0 Å². The van der Waals surface area contributed by atoms with Gasteiger partial charge in [-0.25, -0.2) is 0 Å². The van der Waals surface area contributed by atoms with Crippen molar-refractivity contribution in [1.82, 2.24) is 5.32 Å². The molecule has 1 aliphatic heterocycles. The van der Waals surface area contributed by atoms with Gasteiger partial charge in [0.15, 0.2) is 0 Å². The minimum Gasteiger partial charge on any atom is -0.497 e. The molecule has 1 aliphatic carbocycles. The van der Waals surface area contributed by atoms with Gasteiger partial charge in [0, 0.05) is 24.1 Å². The molecular weight excluding hydrogens is 250 g/mol. The van der Waals surface area contributed by atoms with Crippen LogP contribution in [0.4, 0.5) is 0 Å². The summed E-state index contributed by atoms with van der Waals surface area (Å²) >= 11 is 0. The Morgan fingerprint density at radius 1 is 1.45 bits per heavy atom. The molecule has 1 spiro atoms. The van der Waals surface area contributed by atoms with E-state index in [1.165, 1.54) is 24.8 Å². The van der Waals surface area contributed by atoms with E-state index >= 15 is 0 Å². The highest BCUT2D eigenvalue weighted by molar-refractivity contribution is 5.45. The second-order valence-corrected chi connectivity index (χ2v) is 6.18. The SMILES string of the molecule is CCNC1CC2(CCCC2C)Oc2cc(OC)ccc21. The summed E-state index contributed by atoms with van der Waals surface area (Å²) < 4.78 is 11.8. The van der Waals surface area contributed by atoms with Crippen molar-refractivity contribution in [1.29, 1.82) is 0 Å². The fraction of sp³-hybridized carbons (Fsp3) is 0.647. The fourth-order valence-corrected chi connectivity index (χ4v) is 3.83. The number of hydrogen-bond donors (Lipinski definition) is 1. The molecule has 3 nitrogen and oxygen atoms in total. The summed E-state index contributed by atoms with van der Waals surface area (Å²) in [7, 11) is 1.71. The van der Waals surface area contributed by atoms with E-state index in [0.717, 1.165) is 24.5 Å². The van der Waals surface area contributed by atoms with Crippen LogP contribution in [0.25, 0.3) is 0 Å². The van der Waals surface area contributed by atoms with Gasteiger partial charge in [0.25, 0.3) is 0 Å². The van der Waals surface area contributed by atoms with Crippen molar-refractivity contribution in [3.63, 3.8) is 0 Å². The van der Waals surface area contributed by atoms with Crippen molar-refractivity contribution in [2.45, 2.75) is 51.2 Å². The molecule has 0 radical (unpaired) electrons. The van der Waals surface area contributed by atoms with Gasteiger partial charge in [0.1, 0.15) is 17.1 Å². The molecule has 3 rings (SSSR count). The van der Waals surface area contributed by atoms with E-state index in [1.54, 1.807) is 7.11 Å². The first-order valence-electron chi connectivity index (χ1n) is 7.79. The smallest absolute Gasteiger partial charge is 0.128 e. The lowest BCUT2D eigenvalue weighted by molar-refractivity contribution is 0.00186. The van der Waals surface area contributed by atoms with Crippen LogP contribution in [0.2, 0.25) is 0 Å². The van der Waals surface area contributed by atoms with Crippen LogP contribution >= 0.6 is 0 Å². The largest absolute Gasteiger partial charge is 0.497 e. The molecule has 1 heterocycles. The molecule has 0 amide bonds. The average Bonchev–Trinajstić information content (AvgIpc) is 2.79. The Kier molecular flexibility index (Phi) is 3.63. The van der Waals surface area contributed by atoms with Crippen molar-refractivity contribution < 1.29 is 9.47 Å². The van der Waals surface area contributed by atoms with Crippen LogP contribution in [0, 0.1) is 5.92 Å². The minimum atomic E-state index is 0.0200. The number of hydrogen-bond acceptors (Lipinski definition) is 3. The molecule has 1 N–H and O–H groups in total. The predicted octanol–water partition coefficient (Wildman–Crippen LogP) is 3.69. The van der Waals surface area contributed by atoms with Gasteiger partial charge >= 0.3 is 0 Å². The van der Waals surface area contributed by atoms with Crippen LogP contribution < -0.4 is 14.8 Å². The maximum absolute atomic E-state index is 6.49. The Labute approximate surface area is 121 Å². The Morgan fingerprint density at radius 3 is 2.95 bits per heavy atom. The zero-order chi connectivity index (χ0) is 14.2. The minimum absolute atomic E-state index is 0.0200. The molecule has 3 atom stereocenters. The summed E-state index contributed by atoms with van der Waals surface area (Å²) in [5, 5.41) is 3.63. The van der Waals surface area contributed by atoms with Crippen molar-refractivity contribution in [3.05, 3.63) is 23.8 Å². The van der Waals surface area contributed by atoms with Crippen LogP contribution in [-0.2, 0) is 0 Å². The lowest BCUT2D eigenvalue weighted by Gasteiger charge is -2.43. The monoisotopic (exact) mass is 275 g/mol. The molecule has 1 saturated carbocycles. The standard InChI is InChI=1S/C17H25NO2/c1-4-18-15-11-17(9-5-6-12(17)2)20-16-10-13(19-3)7-8-14(15)16/h7-8,10,12,15,18H,4-6,9,11H2,1-3H3. The van der Waals surface area contributed by atoms with Crippen molar-refractivity contribution in [2.24, 2.45) is 5.92 Å². The number of fused-ring (bicyclic) bond motifs is 1. The molecule has 20 heavy (non-hydrogen) atoms. The molecule has 2 aliphatic rings. The number of ether oxygens (including phenoxy) is 2. The highest BCUT2D eigenvalue weighted by atomic mass is 16.5. The second kappa shape index (κ2) is 5.28. The highest BCUT2D eigenvalue weighted by Crippen LogP contribution is 2.50. The molecule has 0 bridgehead atoms. The maximum Gasteiger partial charge on any atom is 0.128 e. The Bertz CT molecular complexity index is 488. The molecule has 1 fully saturated rings. The topological polar surface area (TPSA) is 30.5 Å². The van der Waals surface area contributed by atoms with Crippen molar-refractivity contribution in [2.75, 3.05) is 13.7 Å². The van der Waals surface area contributed by atoms with Gasteiger partial charge in [-0.2, -0.15) is 0 Å². The van der Waals surface area contributed by atoms with Gasteiger partial charge in [0.2, 0.25) is 0 Å². The molecule has 3 heteroatoms. The van der Waals surface area contributed by atoms with Gasteiger partial charge in [-0.3, -0.25) is 0 Å². The molecule has 1 aromatic carbocycles. The van der Waals surface area contributed by atoms with Crippen LogP contribution in [0.5, 0.6) is 11.5 Å². The molecule has 0 aromatic heterocycles. The van der Waals surface area contributed by atoms with Crippen molar-refractivity contribution in [3.8, 4) is 11.5 Å². The Hall–Kier alpha value is -1.22. The zero-order valence-corrected chi connectivity index (χ0v) is 12.7. The lowest BCUT2D eigenvalue weighted by Crippen LogP contribution is -2.46. The van der Waals surface area contributed by atoms with E-state index in [-0.39, 0.29) is 5.60 Å². The van der Waals surface area contributed by atoms with Gasteiger partial charge in [0.05, 0.1) is 7.11 Å². The molecule has 110 valence electrons. The average molecular weight is 275 g/mol. The second-order valence-electron chi connectivity index (χ2n) is 6.18. The quantitative estimate of drug-likeness (QED) is 0.912. The maximum atomic E-state index is 6.49. The number of rotatable bonds is 3. The molecule has 3 unspecified atom stereocenters. The van der Waals surface area contributed by atoms with Gasteiger partial charge in [-0.1, -0.05) is 19.9 Å². The Balaban J connectivity index is 1.99. The molecule has 0 saturated heterocycles. The summed E-state index contributed by atoms with van der Waals surface area (Å²) in [5.41, 5.74) is 1.30. The van der Waals surface area contributed by atoms with Crippen molar-refractivity contribution >= 4 is 0 Å². The first-order valence-corrected chi connectivity index (χ1v) is 7.79. The van der Waals surface area contributed by atoms with Gasteiger partial charge in [-0.15, -0.1) is 0 Å². The normalized spacial score (nSPS) is 31.9. The van der Waals surface area contributed by atoms with Gasteiger partial charge < -0.3 is 14.8 Å². The summed E-state index contributed by atoms with van der Waals surface area (Å²) in [5.74, 6) is 2.51.